The maximum absolute atomic E-state index is 5.80. The van der Waals surface area contributed by atoms with Gasteiger partial charge < -0.3 is 20.1 Å². The van der Waals surface area contributed by atoms with Crippen LogP contribution in [0.15, 0.2) is 72.0 Å². The normalized spacial score (nSPS) is 11.0. The van der Waals surface area contributed by atoms with Crippen molar-refractivity contribution in [3.63, 3.8) is 0 Å². The number of hydrogen-bond acceptors (Lipinski definition) is 4. The van der Waals surface area contributed by atoms with Crippen LogP contribution in [-0.4, -0.2) is 42.6 Å². The number of halogens is 1. The van der Waals surface area contributed by atoms with Gasteiger partial charge in [-0.2, -0.15) is 5.10 Å². The first-order valence-corrected chi connectivity index (χ1v) is 10.6. The lowest BCUT2D eigenvalue weighted by Gasteiger charge is -2.14. The molecule has 7 nitrogen and oxygen atoms in total. The van der Waals surface area contributed by atoms with E-state index in [-0.39, 0.29) is 24.0 Å². The minimum Gasteiger partial charge on any atom is -0.493 e. The molecule has 1 aromatic heterocycles. The van der Waals surface area contributed by atoms with Crippen LogP contribution in [0.2, 0.25) is 0 Å². The van der Waals surface area contributed by atoms with Crippen molar-refractivity contribution >= 4 is 35.6 Å². The molecule has 3 aromatic rings. The van der Waals surface area contributed by atoms with E-state index < -0.39 is 0 Å². The maximum atomic E-state index is 5.80. The number of aromatic nitrogens is 2. The third kappa shape index (κ3) is 8.51. The number of aliphatic imine (C=N–C) groups is 1. The second kappa shape index (κ2) is 14.5. The molecule has 2 N–H and O–H groups in total. The van der Waals surface area contributed by atoms with Crippen molar-refractivity contribution in [1.82, 2.24) is 15.1 Å². The summed E-state index contributed by atoms with van der Waals surface area (Å²) in [5, 5.41) is 11.0. The number of hydrogen-bond donors (Lipinski definition) is 2. The van der Waals surface area contributed by atoms with Crippen LogP contribution >= 0.6 is 24.0 Å². The Balaban J connectivity index is 0.00000363. The molecule has 32 heavy (non-hydrogen) atoms. The van der Waals surface area contributed by atoms with Crippen molar-refractivity contribution in [3.8, 4) is 5.75 Å². The predicted octanol–water partition coefficient (Wildman–Crippen LogP) is 4.54. The van der Waals surface area contributed by atoms with Gasteiger partial charge in [-0.1, -0.05) is 30.3 Å². The quantitative estimate of drug-likeness (QED) is 0.159. The molecule has 0 atom stereocenters. The van der Waals surface area contributed by atoms with E-state index in [1.165, 1.54) is 11.1 Å². The van der Waals surface area contributed by atoms with Gasteiger partial charge in [-0.05, 0) is 36.2 Å². The summed E-state index contributed by atoms with van der Waals surface area (Å²) in [5.41, 5.74) is 3.30. The van der Waals surface area contributed by atoms with Gasteiger partial charge in [-0.25, -0.2) is 4.99 Å². The van der Waals surface area contributed by atoms with Gasteiger partial charge in [0.1, 0.15) is 5.75 Å². The molecule has 0 saturated heterocycles. The molecule has 0 aliphatic rings. The van der Waals surface area contributed by atoms with Gasteiger partial charge in [0.25, 0.3) is 0 Å². The molecule has 3 rings (SSSR count). The third-order valence-electron chi connectivity index (χ3n) is 4.62. The molecule has 8 heteroatoms. The molecule has 0 amide bonds. The van der Waals surface area contributed by atoms with E-state index in [9.17, 15) is 0 Å². The Morgan fingerprint density at radius 2 is 1.91 bits per heavy atom. The number of nitrogens with zero attached hydrogens (tertiary/aromatic N) is 3. The number of guanidine groups is 1. The molecule has 0 fully saturated rings. The van der Waals surface area contributed by atoms with Gasteiger partial charge in [-0.15, -0.1) is 24.0 Å². The average Bonchev–Trinajstić information content (AvgIpc) is 3.30. The van der Waals surface area contributed by atoms with E-state index in [2.05, 4.69) is 34.8 Å². The highest BCUT2D eigenvalue weighted by Gasteiger charge is 2.05. The number of nitrogens with one attached hydrogen (secondary N) is 2. The smallest absolute Gasteiger partial charge is 0.196 e. The van der Waals surface area contributed by atoms with Crippen molar-refractivity contribution in [2.24, 2.45) is 4.99 Å². The van der Waals surface area contributed by atoms with Gasteiger partial charge in [-0.3, -0.25) is 4.68 Å². The summed E-state index contributed by atoms with van der Waals surface area (Å²) < 4.78 is 12.8. The molecule has 0 unspecified atom stereocenters. The Labute approximate surface area is 207 Å². The van der Waals surface area contributed by atoms with Crippen LogP contribution in [0.5, 0.6) is 5.75 Å². The van der Waals surface area contributed by atoms with Crippen LogP contribution in [-0.2, 0) is 17.8 Å². The molecule has 0 aliphatic carbocycles. The number of methoxy groups -OCH3 is 1. The van der Waals surface area contributed by atoms with Crippen molar-refractivity contribution in [3.05, 3.63) is 78.1 Å². The monoisotopic (exact) mass is 549 g/mol. The average molecular weight is 549 g/mol. The lowest BCUT2D eigenvalue weighted by atomic mass is 10.1. The summed E-state index contributed by atoms with van der Waals surface area (Å²) in [6.45, 7) is 5.44. The van der Waals surface area contributed by atoms with Crippen molar-refractivity contribution in [1.29, 1.82) is 0 Å². The largest absolute Gasteiger partial charge is 0.493 e. The van der Waals surface area contributed by atoms with Crippen molar-refractivity contribution in [2.75, 3.05) is 32.2 Å². The first kappa shape index (κ1) is 25.7. The van der Waals surface area contributed by atoms with E-state index >= 15 is 0 Å². The Morgan fingerprint density at radius 3 is 2.66 bits per heavy atom. The minimum atomic E-state index is 0. The van der Waals surface area contributed by atoms with Crippen LogP contribution in [0.3, 0.4) is 0 Å². The zero-order valence-corrected chi connectivity index (χ0v) is 21.0. The van der Waals surface area contributed by atoms with Crippen LogP contribution < -0.4 is 15.4 Å². The summed E-state index contributed by atoms with van der Waals surface area (Å²) in [6.07, 6.45) is 4.62. The maximum Gasteiger partial charge on any atom is 0.196 e. The lowest BCUT2D eigenvalue weighted by Crippen LogP contribution is -2.30. The predicted molar refractivity (Wildman–Crippen MR) is 140 cm³/mol. The SMILES string of the molecule is CCNC(=NCc1ccccc1Cn1cccn1)Nc1cccc(OCCCOC)c1.I. The number of rotatable bonds is 11. The first-order valence-electron chi connectivity index (χ1n) is 10.6. The zero-order chi connectivity index (χ0) is 21.7. The molecule has 2 aromatic carbocycles. The van der Waals surface area contributed by atoms with E-state index in [0.717, 1.165) is 36.9 Å². The van der Waals surface area contributed by atoms with Crippen molar-refractivity contribution < 1.29 is 9.47 Å². The molecule has 0 saturated carbocycles. The summed E-state index contributed by atoms with van der Waals surface area (Å²) in [7, 11) is 1.70. The summed E-state index contributed by atoms with van der Waals surface area (Å²) in [6, 6.07) is 18.2. The summed E-state index contributed by atoms with van der Waals surface area (Å²) >= 11 is 0. The van der Waals surface area contributed by atoms with Crippen LogP contribution in [0.4, 0.5) is 5.69 Å². The highest BCUT2D eigenvalue weighted by atomic mass is 127. The van der Waals surface area contributed by atoms with Gasteiger partial charge >= 0.3 is 0 Å². The molecule has 0 bridgehead atoms. The van der Waals surface area contributed by atoms with E-state index in [1.54, 1.807) is 13.3 Å². The number of ether oxygens (including phenoxy) is 2. The van der Waals surface area contributed by atoms with Crippen LogP contribution in [0, 0.1) is 0 Å². The van der Waals surface area contributed by atoms with Gasteiger partial charge in [0.2, 0.25) is 0 Å². The number of benzene rings is 2. The fourth-order valence-electron chi connectivity index (χ4n) is 3.10. The second-order valence-electron chi connectivity index (χ2n) is 7.02. The Kier molecular flexibility index (Phi) is 11.6. The second-order valence-corrected chi connectivity index (χ2v) is 7.02. The molecule has 0 radical (unpaired) electrons. The van der Waals surface area contributed by atoms with Gasteiger partial charge in [0.15, 0.2) is 5.96 Å². The highest BCUT2D eigenvalue weighted by Crippen LogP contribution is 2.18. The van der Waals surface area contributed by atoms with E-state index in [1.807, 2.05) is 53.3 Å². The summed E-state index contributed by atoms with van der Waals surface area (Å²) in [4.78, 5) is 4.79. The molecule has 1 heterocycles. The van der Waals surface area contributed by atoms with Crippen molar-refractivity contribution in [2.45, 2.75) is 26.4 Å². The molecule has 0 aliphatic heterocycles. The van der Waals surface area contributed by atoms with Gasteiger partial charge in [0.05, 0.1) is 19.7 Å². The zero-order valence-electron chi connectivity index (χ0n) is 18.7. The molecular weight excluding hydrogens is 517 g/mol. The van der Waals surface area contributed by atoms with E-state index in [0.29, 0.717) is 19.8 Å². The Morgan fingerprint density at radius 1 is 1.06 bits per heavy atom. The Bertz CT molecular complexity index is 947. The van der Waals surface area contributed by atoms with Crippen LogP contribution in [0.25, 0.3) is 0 Å². The lowest BCUT2D eigenvalue weighted by molar-refractivity contribution is 0.172. The number of anilines is 1. The highest BCUT2D eigenvalue weighted by molar-refractivity contribution is 14.0. The topological polar surface area (TPSA) is 72.7 Å². The fourth-order valence-corrected chi connectivity index (χ4v) is 3.10. The van der Waals surface area contributed by atoms with Gasteiger partial charge in [0, 0.05) is 50.8 Å². The molecular formula is C24H32IN5O2. The minimum absolute atomic E-state index is 0. The summed E-state index contributed by atoms with van der Waals surface area (Å²) in [5.74, 6) is 1.55. The molecule has 172 valence electrons. The fraction of sp³-hybridized carbons (Fsp3) is 0.333. The third-order valence-corrected chi connectivity index (χ3v) is 4.62. The molecule has 0 spiro atoms. The first-order chi connectivity index (χ1) is 15.3. The van der Waals surface area contributed by atoms with E-state index in [4.69, 9.17) is 14.5 Å². The standard InChI is InChI=1S/C24H31N5O2.HI/c1-3-25-24(28-22-11-6-12-23(17-22)31-16-8-15-30-2)26-18-20-9-4-5-10-21(20)19-29-14-7-13-27-29;/h4-7,9-14,17H,3,8,15-16,18-19H2,1-2H3,(H2,25,26,28);1H. The Hall–Kier alpha value is -2.59. The van der Waals surface area contributed by atoms with Crippen LogP contribution in [0.1, 0.15) is 24.5 Å².